The van der Waals surface area contributed by atoms with Gasteiger partial charge < -0.3 is 81.9 Å². The van der Waals surface area contributed by atoms with Crippen molar-refractivity contribution in [2.45, 2.75) is 31.3 Å². The number of hydrogen-bond acceptors (Lipinski definition) is 24. The maximum atomic E-state index is 12.2. The molecule has 6 aromatic rings. The Hall–Kier alpha value is -12.4. The first kappa shape index (κ1) is 61.5. The van der Waals surface area contributed by atoms with Crippen LogP contribution in [0.1, 0.15) is 30.4 Å². The van der Waals surface area contributed by atoms with E-state index in [-0.39, 0.29) is 40.5 Å². The van der Waals surface area contributed by atoms with Crippen molar-refractivity contribution < 1.29 is 68.4 Å². The number of guanidine groups is 2. The molecule has 0 saturated carbocycles. The van der Waals surface area contributed by atoms with Crippen molar-refractivity contribution in [1.82, 2.24) is 19.9 Å². The zero-order valence-electron chi connectivity index (χ0n) is 43.7. The second-order valence-corrected chi connectivity index (χ2v) is 17.0. The molecular formula is C49H48N18O16. The number of carbonyl (C=O) groups is 4. The molecule has 83 heavy (non-hydrogen) atoms. The van der Waals surface area contributed by atoms with Crippen LogP contribution in [0.2, 0.25) is 0 Å². The Bertz CT molecular complexity index is 3590. The smallest absolute Gasteiger partial charge is 0.373 e. The van der Waals surface area contributed by atoms with Gasteiger partial charge in [-0.25, -0.2) is 9.59 Å². The molecule has 0 aliphatic heterocycles. The first-order valence-corrected chi connectivity index (χ1v) is 23.4. The van der Waals surface area contributed by atoms with Crippen LogP contribution in [-0.2, 0) is 19.2 Å². The highest BCUT2D eigenvalue weighted by atomic mass is 16.6. The average molecular weight is 1150 g/mol. The van der Waals surface area contributed by atoms with Gasteiger partial charge in [0.15, 0.2) is 17.7 Å². The van der Waals surface area contributed by atoms with Crippen molar-refractivity contribution >= 4 is 81.6 Å². The van der Waals surface area contributed by atoms with E-state index in [1.54, 1.807) is 62.3 Å². The van der Waals surface area contributed by atoms with Crippen LogP contribution in [0.4, 0.5) is 45.8 Å². The summed E-state index contributed by atoms with van der Waals surface area (Å²) in [6.45, 7) is 0. The molecule has 6 rings (SSSR count). The lowest BCUT2D eigenvalue weighted by atomic mass is 10.1. The van der Waals surface area contributed by atoms with Gasteiger partial charge in [0.1, 0.15) is 35.4 Å². The van der Waals surface area contributed by atoms with Crippen LogP contribution in [-0.4, -0.2) is 126 Å². The molecule has 2 atom stereocenters. The van der Waals surface area contributed by atoms with E-state index in [0.29, 0.717) is 28.3 Å². The fourth-order valence-electron chi connectivity index (χ4n) is 6.91. The Kier molecular flexibility index (Phi) is 20.6. The summed E-state index contributed by atoms with van der Waals surface area (Å²) in [4.78, 5) is 87.5. The summed E-state index contributed by atoms with van der Waals surface area (Å²) in [6.07, 6.45) is -1.93. The van der Waals surface area contributed by atoms with Gasteiger partial charge in [0, 0.05) is 70.3 Å². The van der Waals surface area contributed by atoms with Gasteiger partial charge in [-0.1, -0.05) is 12.1 Å². The molecule has 2 unspecified atom stereocenters. The summed E-state index contributed by atoms with van der Waals surface area (Å²) in [7, 11) is 6.68. The number of rotatable bonds is 25. The molecule has 0 aliphatic rings. The van der Waals surface area contributed by atoms with Gasteiger partial charge in [-0.3, -0.25) is 40.6 Å². The Balaban J connectivity index is 0.000000304. The van der Waals surface area contributed by atoms with Gasteiger partial charge in [0.25, 0.3) is 0 Å². The van der Waals surface area contributed by atoms with E-state index >= 15 is 0 Å². The van der Waals surface area contributed by atoms with Crippen LogP contribution in [0.15, 0.2) is 84.9 Å². The number of nitro groups is 2. The van der Waals surface area contributed by atoms with E-state index in [1.807, 2.05) is 12.1 Å². The zero-order valence-corrected chi connectivity index (χ0v) is 43.7. The quantitative estimate of drug-likeness (QED) is 0.0146. The van der Waals surface area contributed by atoms with Crippen molar-refractivity contribution in [2.24, 2.45) is 11.5 Å². The van der Waals surface area contributed by atoms with E-state index in [9.17, 15) is 60.1 Å². The van der Waals surface area contributed by atoms with Gasteiger partial charge >= 0.3 is 59.0 Å². The number of carboxylic acid groups (broad SMARTS) is 4. The molecule has 0 fully saturated rings. The largest absolute Gasteiger partial charge is 0.481 e. The lowest BCUT2D eigenvalue weighted by Gasteiger charge is -2.19. The molecule has 2 heterocycles. The predicted octanol–water partition coefficient (Wildman–Crippen LogP) is 5.49. The lowest BCUT2D eigenvalue weighted by Crippen LogP contribution is -2.32. The molecule has 430 valence electrons. The molecule has 14 N–H and O–H groups in total. The molecule has 0 amide bonds. The van der Waals surface area contributed by atoms with E-state index in [0.717, 1.165) is 0 Å². The van der Waals surface area contributed by atoms with E-state index in [1.165, 1.54) is 60.7 Å². The minimum Gasteiger partial charge on any atom is -0.481 e. The lowest BCUT2D eigenvalue weighted by molar-refractivity contribution is -0.385. The van der Waals surface area contributed by atoms with Crippen molar-refractivity contribution in [1.29, 1.82) is 21.3 Å². The number of nitrogens with one attached hydrogen (secondary N) is 6. The monoisotopic (exact) mass is 1140 g/mol. The van der Waals surface area contributed by atoms with Crippen molar-refractivity contribution in [3.63, 3.8) is 0 Å². The van der Waals surface area contributed by atoms with Gasteiger partial charge in [-0.2, -0.15) is 30.5 Å². The number of anilines is 6. The van der Waals surface area contributed by atoms with E-state index in [2.05, 4.69) is 41.2 Å². The van der Waals surface area contributed by atoms with Gasteiger partial charge in [-0.05, 0) is 55.0 Å². The topological polar surface area (TPSA) is 526 Å². The third-order valence-electron chi connectivity index (χ3n) is 10.5. The molecule has 4 aromatic carbocycles. The maximum absolute atomic E-state index is 12.2. The number of hydrogen-bond donors (Lipinski definition) is 12. The highest BCUT2D eigenvalue weighted by molar-refractivity contribution is 5.90. The third kappa shape index (κ3) is 17.6. The molecule has 0 saturated heterocycles. The Morgan fingerprint density at radius 2 is 1.13 bits per heavy atom. The summed E-state index contributed by atoms with van der Waals surface area (Å²) in [5.74, 6) is -8.99. The summed E-state index contributed by atoms with van der Waals surface area (Å²) in [5.41, 5.74) is 11.0. The molecule has 34 nitrogen and oxygen atoms in total. The van der Waals surface area contributed by atoms with Crippen LogP contribution >= 0.6 is 0 Å². The Morgan fingerprint density at radius 1 is 0.639 bits per heavy atom. The molecule has 2 aromatic heterocycles. The van der Waals surface area contributed by atoms with E-state index < -0.39 is 112 Å². The predicted molar refractivity (Wildman–Crippen MR) is 292 cm³/mol. The van der Waals surface area contributed by atoms with Gasteiger partial charge in [-0.15, -0.1) is 0 Å². The number of benzene rings is 4. The molecule has 0 aliphatic carbocycles. The zero-order chi connectivity index (χ0) is 61.2. The second kappa shape index (κ2) is 27.8. The summed E-state index contributed by atoms with van der Waals surface area (Å²) in [6, 6.07) is 20.2. The maximum Gasteiger partial charge on any atom is 0.373 e. The highest BCUT2D eigenvalue weighted by Gasteiger charge is 2.34. The van der Waals surface area contributed by atoms with Crippen molar-refractivity contribution in [2.75, 3.05) is 59.3 Å². The number of carboxylic acids is 4. The first-order valence-electron chi connectivity index (χ1n) is 23.4. The number of aliphatic carboxylic acids is 4. The van der Waals surface area contributed by atoms with Crippen molar-refractivity contribution in [3.8, 4) is 58.9 Å². The first-order chi connectivity index (χ1) is 39.2. The van der Waals surface area contributed by atoms with Crippen molar-refractivity contribution in [3.05, 3.63) is 116 Å². The molecule has 0 radical (unpaired) electrons. The third-order valence-corrected chi connectivity index (χ3v) is 10.5. The van der Waals surface area contributed by atoms with Gasteiger partial charge in [0.05, 0.1) is 44.8 Å². The van der Waals surface area contributed by atoms with Crippen LogP contribution < -0.4 is 61.5 Å². The normalized spacial score (nSPS) is 11.0. The number of nitrogens with two attached hydrogens (primary N) is 2. The Morgan fingerprint density at radius 3 is 1.57 bits per heavy atom. The summed E-state index contributed by atoms with van der Waals surface area (Å²) < 4.78 is 22.9. The molecular weight excluding hydrogens is 1100 g/mol. The Labute approximate surface area is 467 Å². The van der Waals surface area contributed by atoms with Crippen LogP contribution in [0, 0.1) is 53.7 Å². The highest BCUT2D eigenvalue weighted by Crippen LogP contribution is 2.42. The number of nitrogens with zero attached hydrogens (tertiary/aromatic N) is 10. The summed E-state index contributed by atoms with van der Waals surface area (Å²) in [5, 5.41) is 105. The van der Waals surface area contributed by atoms with Crippen LogP contribution in [0.25, 0.3) is 0 Å². The fourth-order valence-corrected chi connectivity index (χ4v) is 6.91. The van der Waals surface area contributed by atoms with Crippen LogP contribution in [0.5, 0.6) is 46.8 Å². The van der Waals surface area contributed by atoms with E-state index in [4.69, 9.17) is 51.4 Å². The number of nitriles is 2. The summed E-state index contributed by atoms with van der Waals surface area (Å²) >= 11 is 0. The average Bonchev–Trinajstić information content (AvgIpc) is 3.56. The number of aromatic nitrogens is 4. The van der Waals surface area contributed by atoms with Crippen LogP contribution in [0.3, 0.4) is 0 Å². The number of ether oxygens (including phenoxy) is 4. The fraction of sp³-hybridized carbons (Fsp3) is 0.184. The SMILES string of the molecule is CN(C)c1cc(Oc2nc(Oc3cccc(NC(=N)N)c3)nc(NC(CCC(=O)O)C(=O)O)c2[N+](=O)[O-])ccc1C#N.CN(C)c1ccc(C#N)cc1Oc1nc(Oc2cccc(NC(=N)N)c2)nc(NC(CC(=O)O)C(=O)O)c1[N+](=O)[O-]. The standard InChI is InChI=1S/C25H25N9O8.C24H23N9O8/c1-33(2)18-11-16(7-6-13(18)12-26)41-22-20(34(39)40)21(30-17(23(37)38)8-9-19(35)36)31-25(32-22)42-15-5-3-4-14(10-15)29-24(27)28;1-32(2)16-7-6-12(11-25)8-17(16)41-21-19(33(38)39)20(29-15(22(36)37)10-18(34)35)30-24(31-21)40-14-5-3-4-13(9-14)28-23(26)27/h3-7,10-11,17H,8-9H2,1-2H3,(H,35,36)(H,37,38)(H4,27,28,29)(H,30,31,32);3-9,15H,10H2,1-2H3,(H,34,35)(H,36,37)(H4,26,27,28)(H,29,30,31). The van der Waals surface area contributed by atoms with Gasteiger partial charge in [0.2, 0.25) is 11.6 Å². The minimum absolute atomic E-state index is 0.0132. The second-order valence-electron chi connectivity index (χ2n) is 17.0. The molecule has 0 spiro atoms. The minimum atomic E-state index is -1.83. The molecule has 34 heteroatoms. The molecule has 0 bridgehead atoms.